The third kappa shape index (κ3) is 7.52. The van der Waals surface area contributed by atoms with E-state index in [1.165, 1.54) is 18.5 Å². The number of quaternary nitrogens is 1. The van der Waals surface area contributed by atoms with Crippen LogP contribution in [0.2, 0.25) is 0 Å². The smallest absolute Gasteiger partial charge is 0.276 e. The fraction of sp³-hybridized carbons (Fsp3) is 0.357. The first-order valence-electron chi connectivity index (χ1n) is 13.1. The Kier molecular flexibility index (Phi) is 10.1. The van der Waals surface area contributed by atoms with Crippen LogP contribution >= 0.6 is 0 Å². The lowest BCUT2D eigenvalue weighted by molar-refractivity contribution is -0.118. The van der Waals surface area contributed by atoms with Gasteiger partial charge in [-0.2, -0.15) is 0 Å². The van der Waals surface area contributed by atoms with E-state index in [0.717, 1.165) is 19.5 Å². The highest BCUT2D eigenvalue weighted by Gasteiger charge is 2.36. The Morgan fingerprint density at radius 2 is 1.98 bits per heavy atom. The molecular formula is C28H35FN7O5+. The number of nitrogens with zero attached hydrogens (tertiary/aromatic N) is 5. The first-order chi connectivity index (χ1) is 19.9. The van der Waals surface area contributed by atoms with Crippen LogP contribution in [0.4, 0.5) is 15.9 Å². The van der Waals surface area contributed by atoms with Crippen molar-refractivity contribution < 1.29 is 28.5 Å². The van der Waals surface area contributed by atoms with Crippen LogP contribution in [0.25, 0.3) is 10.9 Å². The van der Waals surface area contributed by atoms with Crippen LogP contribution in [0.1, 0.15) is 6.42 Å². The van der Waals surface area contributed by atoms with Gasteiger partial charge in [0.25, 0.3) is 5.91 Å². The molecule has 0 aliphatic carbocycles. The average molecular weight is 569 g/mol. The quantitative estimate of drug-likeness (QED) is 0.175. The van der Waals surface area contributed by atoms with Crippen molar-refractivity contribution in [2.75, 3.05) is 65.5 Å². The molecule has 1 unspecified atom stereocenters. The standard InChI is InChI=1S/C28H34FN7O5/c1-39-12-9-35(8-10-37)7-4-11-41-26-15-24-23(14-25(26)40-2)28(32-19-31-24)34-21-16-33-36(17-21,18-27(30)38)22-6-3-5-20(29)13-22/h3,5-6,13-17,19,37H,4,7-12,18H2,1-2H3,(H2-,30,31,32,34,38)/p+1. The van der Waals surface area contributed by atoms with Gasteiger partial charge in [0.2, 0.25) is 0 Å². The minimum Gasteiger partial charge on any atom is -0.493 e. The lowest BCUT2D eigenvalue weighted by Gasteiger charge is -2.23. The topological polar surface area (TPSA) is 144 Å². The van der Waals surface area contributed by atoms with E-state index < -0.39 is 11.7 Å². The van der Waals surface area contributed by atoms with E-state index in [2.05, 4.69) is 25.3 Å². The lowest BCUT2D eigenvalue weighted by atomic mass is 10.2. The molecule has 0 bridgehead atoms. The number of allylic oxidation sites excluding steroid dienone is 1. The largest absolute Gasteiger partial charge is 0.493 e. The number of aliphatic hydroxyl groups is 1. The first kappa shape index (κ1) is 29.8. The molecule has 41 heavy (non-hydrogen) atoms. The van der Waals surface area contributed by atoms with Crippen LogP contribution in [0.15, 0.2) is 59.7 Å². The van der Waals surface area contributed by atoms with Gasteiger partial charge in [-0.3, -0.25) is 9.69 Å². The maximum atomic E-state index is 14.0. The van der Waals surface area contributed by atoms with Crippen molar-refractivity contribution in [1.29, 1.82) is 0 Å². The van der Waals surface area contributed by atoms with E-state index >= 15 is 0 Å². The SMILES string of the molecule is COCCN(CCO)CCCOc1cc2ncnc(NC3=C[N+](CC(N)=O)(c4cccc(F)c4)N=C3)c2cc1OC. The van der Waals surface area contributed by atoms with E-state index in [1.54, 1.807) is 50.9 Å². The van der Waals surface area contributed by atoms with Gasteiger partial charge in [-0.05, 0) is 18.6 Å². The highest BCUT2D eigenvalue weighted by Crippen LogP contribution is 2.35. The Morgan fingerprint density at radius 1 is 1.12 bits per heavy atom. The number of benzene rings is 2. The zero-order valence-corrected chi connectivity index (χ0v) is 23.1. The minimum atomic E-state index is -0.593. The number of hydrogen-bond acceptors (Lipinski definition) is 10. The van der Waals surface area contributed by atoms with Crippen LogP contribution in [0.3, 0.4) is 0 Å². The van der Waals surface area contributed by atoms with E-state index in [0.29, 0.717) is 59.4 Å². The molecule has 0 saturated carbocycles. The zero-order valence-electron chi connectivity index (χ0n) is 23.1. The van der Waals surface area contributed by atoms with Gasteiger partial charge in [-0.15, -0.1) is 4.59 Å². The Labute approximate surface area is 237 Å². The van der Waals surface area contributed by atoms with Crippen LogP contribution < -0.4 is 25.1 Å². The predicted octanol–water partition coefficient (Wildman–Crippen LogP) is 2.23. The summed E-state index contributed by atoms with van der Waals surface area (Å²) in [7, 11) is 3.21. The highest BCUT2D eigenvalue weighted by molar-refractivity contribution is 5.96. The van der Waals surface area contributed by atoms with Crippen molar-refractivity contribution in [1.82, 2.24) is 19.5 Å². The number of nitrogens with one attached hydrogen (secondary N) is 1. The third-order valence-electron chi connectivity index (χ3n) is 6.50. The number of rotatable bonds is 16. The van der Waals surface area contributed by atoms with Gasteiger partial charge in [0.05, 0.1) is 32.4 Å². The molecule has 0 spiro atoms. The van der Waals surface area contributed by atoms with Gasteiger partial charge in [-0.1, -0.05) is 11.2 Å². The van der Waals surface area contributed by atoms with Gasteiger partial charge in [-0.25, -0.2) is 14.4 Å². The number of hydrogen-bond donors (Lipinski definition) is 3. The number of ether oxygens (including phenoxy) is 3. The number of aliphatic hydroxyl groups excluding tert-OH is 1. The summed E-state index contributed by atoms with van der Waals surface area (Å²) in [5, 5.41) is 17.7. The van der Waals surface area contributed by atoms with E-state index in [-0.39, 0.29) is 17.7 Å². The molecule has 4 rings (SSSR count). The molecule has 0 saturated heterocycles. The summed E-state index contributed by atoms with van der Waals surface area (Å²) in [6.45, 7) is 2.98. The summed E-state index contributed by atoms with van der Waals surface area (Å²) >= 11 is 0. The second kappa shape index (κ2) is 13.9. The second-order valence-electron chi connectivity index (χ2n) is 9.39. The number of fused-ring (bicyclic) bond motifs is 1. The van der Waals surface area contributed by atoms with E-state index in [1.807, 2.05) is 0 Å². The number of nitrogens with two attached hydrogens (primary N) is 1. The Bertz CT molecular complexity index is 1420. The predicted molar refractivity (Wildman–Crippen MR) is 154 cm³/mol. The summed E-state index contributed by atoms with van der Waals surface area (Å²) in [5.41, 5.74) is 7.12. The van der Waals surface area contributed by atoms with Crippen molar-refractivity contribution in [3.05, 3.63) is 60.4 Å². The van der Waals surface area contributed by atoms with Gasteiger partial charge in [0.1, 0.15) is 29.9 Å². The van der Waals surface area contributed by atoms with Crippen molar-refractivity contribution in [2.45, 2.75) is 6.42 Å². The van der Waals surface area contributed by atoms with Gasteiger partial charge in [0.15, 0.2) is 29.9 Å². The summed E-state index contributed by atoms with van der Waals surface area (Å²) in [5.74, 6) is 0.489. The number of anilines is 1. The monoisotopic (exact) mass is 568 g/mol. The van der Waals surface area contributed by atoms with Crippen molar-refractivity contribution >= 4 is 34.5 Å². The summed E-state index contributed by atoms with van der Waals surface area (Å²) in [4.78, 5) is 22.8. The molecule has 218 valence electrons. The van der Waals surface area contributed by atoms with Crippen molar-refractivity contribution in [3.63, 3.8) is 0 Å². The van der Waals surface area contributed by atoms with E-state index in [4.69, 9.17) is 19.9 Å². The number of aromatic nitrogens is 2. The highest BCUT2D eigenvalue weighted by atomic mass is 19.1. The number of methoxy groups -OCH3 is 2. The van der Waals surface area contributed by atoms with Crippen LogP contribution in [-0.4, -0.2) is 92.3 Å². The number of carbonyl (C=O) groups is 1. The minimum absolute atomic E-state index is 0.0812. The van der Waals surface area contributed by atoms with Crippen molar-refractivity contribution in [3.8, 4) is 11.5 Å². The molecule has 2 heterocycles. The molecule has 0 fully saturated rings. The number of primary amides is 1. The summed E-state index contributed by atoms with van der Waals surface area (Å²) in [6, 6.07) is 9.44. The average Bonchev–Trinajstić information content (AvgIpc) is 3.36. The normalized spacial score (nSPS) is 16.3. The maximum Gasteiger partial charge on any atom is 0.276 e. The van der Waals surface area contributed by atoms with Crippen LogP contribution in [0, 0.1) is 5.82 Å². The Hall–Kier alpha value is -4.17. The molecule has 2 aromatic carbocycles. The second-order valence-corrected chi connectivity index (χ2v) is 9.39. The molecule has 1 aliphatic rings. The molecule has 12 nitrogen and oxygen atoms in total. The molecule has 1 amide bonds. The van der Waals surface area contributed by atoms with Gasteiger partial charge in [0, 0.05) is 50.3 Å². The summed E-state index contributed by atoms with van der Waals surface area (Å²) in [6.07, 6.45) is 5.39. The summed E-state index contributed by atoms with van der Waals surface area (Å²) < 4.78 is 30.4. The fourth-order valence-electron chi connectivity index (χ4n) is 4.54. The maximum absolute atomic E-state index is 14.0. The molecule has 1 aromatic heterocycles. The lowest BCUT2D eigenvalue weighted by Crippen LogP contribution is -2.44. The molecule has 3 aromatic rings. The first-order valence-corrected chi connectivity index (χ1v) is 13.1. The zero-order chi connectivity index (χ0) is 29.2. The molecule has 4 N–H and O–H groups in total. The number of halogens is 1. The molecular weight excluding hydrogens is 533 g/mol. The van der Waals surface area contributed by atoms with Gasteiger partial charge >= 0.3 is 0 Å². The van der Waals surface area contributed by atoms with Gasteiger partial charge < -0.3 is 30.4 Å². The van der Waals surface area contributed by atoms with Crippen molar-refractivity contribution in [2.24, 2.45) is 10.8 Å². The van der Waals surface area contributed by atoms with Crippen LogP contribution in [0.5, 0.6) is 11.5 Å². The fourth-order valence-corrected chi connectivity index (χ4v) is 4.54. The number of carbonyl (C=O) groups excluding carboxylic acids is 1. The number of amides is 1. The Balaban J connectivity index is 1.52. The molecule has 1 atom stereocenters. The third-order valence-corrected chi connectivity index (χ3v) is 6.50. The molecule has 1 aliphatic heterocycles. The van der Waals surface area contributed by atoms with E-state index in [9.17, 15) is 14.3 Å². The van der Waals surface area contributed by atoms with Crippen LogP contribution in [-0.2, 0) is 9.53 Å². The molecule has 13 heteroatoms. The molecule has 0 radical (unpaired) electrons. The Morgan fingerprint density at radius 3 is 2.71 bits per heavy atom.